The average Bonchev–Trinajstić information content (AvgIpc) is 3.10. The monoisotopic (exact) mass is 362 g/mol. The van der Waals surface area contributed by atoms with E-state index in [1.807, 2.05) is 35.0 Å². The van der Waals surface area contributed by atoms with E-state index in [2.05, 4.69) is 42.7 Å². The third-order valence-corrected chi connectivity index (χ3v) is 4.47. The van der Waals surface area contributed by atoms with E-state index in [0.717, 1.165) is 22.5 Å². The lowest BCUT2D eigenvalue weighted by Crippen LogP contribution is -2.26. The van der Waals surface area contributed by atoms with Crippen LogP contribution in [0.4, 0.5) is 0 Å². The zero-order valence-corrected chi connectivity index (χ0v) is 16.1. The molecule has 0 aliphatic rings. The fourth-order valence-electron chi connectivity index (χ4n) is 2.85. The van der Waals surface area contributed by atoms with Gasteiger partial charge in [-0.2, -0.15) is 5.10 Å². The number of carbonyl (C=O) groups excluding carboxylic acids is 1. The molecule has 0 radical (unpaired) electrons. The molecule has 1 aromatic heterocycles. The summed E-state index contributed by atoms with van der Waals surface area (Å²) in [6.07, 6.45) is 2.55. The van der Waals surface area contributed by atoms with E-state index < -0.39 is 0 Å². The lowest BCUT2D eigenvalue weighted by Gasteiger charge is -2.10. The lowest BCUT2D eigenvalue weighted by atomic mass is 10.1. The minimum absolute atomic E-state index is 0.126. The van der Waals surface area contributed by atoms with E-state index in [-0.39, 0.29) is 5.91 Å². The molecular formula is C22H26N4O. The van der Waals surface area contributed by atoms with Crippen molar-refractivity contribution in [3.63, 3.8) is 0 Å². The number of rotatable bonds is 7. The van der Waals surface area contributed by atoms with E-state index in [1.165, 1.54) is 5.56 Å². The lowest BCUT2D eigenvalue weighted by molar-refractivity contribution is -0.128. The first-order chi connectivity index (χ1) is 13.0. The smallest absolute Gasteiger partial charge is 0.223 e. The summed E-state index contributed by atoms with van der Waals surface area (Å²) in [7, 11) is 3.56. The van der Waals surface area contributed by atoms with Crippen molar-refractivity contribution in [3.8, 4) is 16.9 Å². The summed E-state index contributed by atoms with van der Waals surface area (Å²) >= 11 is 0. The van der Waals surface area contributed by atoms with Gasteiger partial charge < -0.3 is 10.2 Å². The van der Waals surface area contributed by atoms with Crippen molar-refractivity contribution in [1.29, 1.82) is 0 Å². The Morgan fingerprint density at radius 1 is 1.07 bits per heavy atom. The number of carbonyl (C=O) groups is 1. The van der Waals surface area contributed by atoms with Crippen molar-refractivity contribution >= 4 is 5.91 Å². The van der Waals surface area contributed by atoms with E-state index in [0.29, 0.717) is 19.5 Å². The van der Waals surface area contributed by atoms with Crippen LogP contribution >= 0.6 is 0 Å². The molecule has 2 aromatic carbocycles. The summed E-state index contributed by atoms with van der Waals surface area (Å²) in [5.74, 6) is 0.126. The highest BCUT2D eigenvalue weighted by molar-refractivity contribution is 5.75. The average molecular weight is 362 g/mol. The summed E-state index contributed by atoms with van der Waals surface area (Å²) in [5, 5.41) is 8.20. The van der Waals surface area contributed by atoms with E-state index in [9.17, 15) is 4.79 Å². The standard InChI is InChI=1S/C22H26N4O/c1-17-9-11-18(12-10-17)22-19(15-23-14-13-21(27)25(2)3)16-26(24-22)20-7-5-4-6-8-20/h4-12,16,23H,13-15H2,1-3H3. The molecule has 0 unspecified atom stereocenters. The van der Waals surface area contributed by atoms with Gasteiger partial charge in [0.15, 0.2) is 0 Å². The van der Waals surface area contributed by atoms with Crippen LogP contribution in [0.1, 0.15) is 17.5 Å². The van der Waals surface area contributed by atoms with Crippen LogP contribution in [0.25, 0.3) is 16.9 Å². The number of nitrogens with zero attached hydrogens (tertiary/aromatic N) is 3. The predicted octanol–water partition coefficient (Wildman–Crippen LogP) is 3.42. The Balaban J connectivity index is 1.81. The minimum Gasteiger partial charge on any atom is -0.349 e. The fraction of sp³-hybridized carbons (Fsp3) is 0.273. The quantitative estimate of drug-likeness (QED) is 0.655. The SMILES string of the molecule is Cc1ccc(-c2nn(-c3ccccc3)cc2CNCCC(=O)N(C)C)cc1. The Kier molecular flexibility index (Phi) is 6.04. The van der Waals surface area contributed by atoms with Gasteiger partial charge in [0.25, 0.3) is 0 Å². The number of amides is 1. The summed E-state index contributed by atoms with van der Waals surface area (Å²) in [6, 6.07) is 18.5. The van der Waals surface area contributed by atoms with Crippen LogP contribution in [0.2, 0.25) is 0 Å². The van der Waals surface area contributed by atoms with Gasteiger partial charge in [0.2, 0.25) is 5.91 Å². The van der Waals surface area contributed by atoms with Crippen molar-refractivity contribution in [3.05, 3.63) is 71.9 Å². The molecule has 0 saturated carbocycles. The molecule has 0 bridgehead atoms. The van der Waals surface area contributed by atoms with Crippen molar-refractivity contribution < 1.29 is 4.79 Å². The number of hydrogen-bond donors (Lipinski definition) is 1. The first-order valence-electron chi connectivity index (χ1n) is 9.16. The molecule has 0 saturated heterocycles. The van der Waals surface area contributed by atoms with Gasteiger partial charge >= 0.3 is 0 Å². The van der Waals surface area contributed by atoms with Gasteiger partial charge in [-0.25, -0.2) is 4.68 Å². The van der Waals surface area contributed by atoms with Gasteiger partial charge in [-0.05, 0) is 19.1 Å². The molecule has 3 aromatic rings. The summed E-state index contributed by atoms with van der Waals surface area (Å²) in [5.41, 5.74) is 5.42. The van der Waals surface area contributed by atoms with Crippen molar-refractivity contribution in [1.82, 2.24) is 20.0 Å². The van der Waals surface area contributed by atoms with Gasteiger partial charge in [0.05, 0.1) is 11.4 Å². The molecule has 0 spiro atoms. The molecule has 1 amide bonds. The third kappa shape index (κ3) is 4.83. The molecule has 0 fully saturated rings. The van der Waals surface area contributed by atoms with Crippen LogP contribution < -0.4 is 5.32 Å². The molecular weight excluding hydrogens is 336 g/mol. The highest BCUT2D eigenvalue weighted by Gasteiger charge is 2.12. The Morgan fingerprint density at radius 2 is 1.78 bits per heavy atom. The molecule has 27 heavy (non-hydrogen) atoms. The maximum atomic E-state index is 11.7. The van der Waals surface area contributed by atoms with Gasteiger partial charge in [0.1, 0.15) is 0 Å². The Labute approximate surface area is 160 Å². The van der Waals surface area contributed by atoms with Crippen LogP contribution in [-0.2, 0) is 11.3 Å². The zero-order chi connectivity index (χ0) is 19.2. The molecule has 1 heterocycles. The van der Waals surface area contributed by atoms with Gasteiger partial charge in [0, 0.05) is 50.9 Å². The second-order valence-electron chi connectivity index (χ2n) is 6.86. The molecule has 3 rings (SSSR count). The number of benzene rings is 2. The topological polar surface area (TPSA) is 50.2 Å². The fourth-order valence-corrected chi connectivity index (χ4v) is 2.85. The second kappa shape index (κ2) is 8.64. The molecule has 0 atom stereocenters. The molecule has 5 nitrogen and oxygen atoms in total. The number of nitrogens with one attached hydrogen (secondary N) is 1. The van der Waals surface area contributed by atoms with Crippen molar-refractivity contribution in [2.75, 3.05) is 20.6 Å². The Morgan fingerprint density at radius 3 is 2.44 bits per heavy atom. The summed E-state index contributed by atoms with van der Waals surface area (Å²) < 4.78 is 1.91. The number of aryl methyl sites for hydroxylation is 1. The normalized spacial score (nSPS) is 10.8. The number of hydrogen-bond acceptors (Lipinski definition) is 3. The molecule has 0 aliphatic carbocycles. The third-order valence-electron chi connectivity index (χ3n) is 4.47. The molecule has 1 N–H and O–H groups in total. The minimum atomic E-state index is 0.126. The van der Waals surface area contributed by atoms with Crippen LogP contribution in [0.5, 0.6) is 0 Å². The van der Waals surface area contributed by atoms with Crippen LogP contribution in [0.3, 0.4) is 0 Å². The maximum Gasteiger partial charge on any atom is 0.223 e. The van der Waals surface area contributed by atoms with E-state index >= 15 is 0 Å². The van der Waals surface area contributed by atoms with Gasteiger partial charge in [-0.1, -0.05) is 48.0 Å². The predicted molar refractivity (Wildman–Crippen MR) is 109 cm³/mol. The first-order valence-corrected chi connectivity index (χ1v) is 9.16. The largest absolute Gasteiger partial charge is 0.349 e. The molecule has 0 aliphatic heterocycles. The van der Waals surface area contributed by atoms with Crippen molar-refractivity contribution in [2.45, 2.75) is 19.9 Å². The summed E-state index contributed by atoms with van der Waals surface area (Å²) in [6.45, 7) is 3.38. The van der Waals surface area contributed by atoms with Crippen molar-refractivity contribution in [2.24, 2.45) is 0 Å². The van der Waals surface area contributed by atoms with Gasteiger partial charge in [-0.15, -0.1) is 0 Å². The Hall–Kier alpha value is -2.92. The van der Waals surface area contributed by atoms with Crippen LogP contribution in [0, 0.1) is 6.92 Å². The zero-order valence-electron chi connectivity index (χ0n) is 16.1. The van der Waals surface area contributed by atoms with E-state index in [1.54, 1.807) is 19.0 Å². The number of para-hydroxylation sites is 1. The summed E-state index contributed by atoms with van der Waals surface area (Å²) in [4.78, 5) is 13.4. The molecule has 140 valence electrons. The second-order valence-corrected chi connectivity index (χ2v) is 6.86. The highest BCUT2D eigenvalue weighted by Crippen LogP contribution is 2.24. The van der Waals surface area contributed by atoms with E-state index in [4.69, 9.17) is 5.10 Å². The van der Waals surface area contributed by atoms with Crippen LogP contribution in [0.15, 0.2) is 60.8 Å². The Bertz CT molecular complexity index is 882. The first kappa shape index (κ1) is 18.9. The van der Waals surface area contributed by atoms with Gasteiger partial charge in [-0.3, -0.25) is 4.79 Å². The van der Waals surface area contributed by atoms with Crippen LogP contribution in [-0.4, -0.2) is 41.2 Å². The highest BCUT2D eigenvalue weighted by atomic mass is 16.2. The maximum absolute atomic E-state index is 11.7. The number of aromatic nitrogens is 2. The molecule has 5 heteroatoms.